The summed E-state index contributed by atoms with van der Waals surface area (Å²) in [5.41, 5.74) is 10.3. The Bertz CT molecular complexity index is 776. The highest BCUT2D eigenvalue weighted by molar-refractivity contribution is 6.31. The van der Waals surface area contributed by atoms with Crippen molar-refractivity contribution in [2.24, 2.45) is 0 Å². The van der Waals surface area contributed by atoms with E-state index in [0.717, 1.165) is 28.0 Å². The summed E-state index contributed by atoms with van der Waals surface area (Å²) in [6, 6.07) is 7.68. The highest BCUT2D eigenvalue weighted by Gasteiger charge is 2.14. The summed E-state index contributed by atoms with van der Waals surface area (Å²) in [6.07, 6.45) is 1.75. The molecule has 0 radical (unpaired) electrons. The molecule has 0 aliphatic heterocycles. The molecular weight excluding hydrogens is 260 g/mol. The van der Waals surface area contributed by atoms with Crippen LogP contribution in [0.5, 0.6) is 0 Å². The topological polar surface area (TPSA) is 56.7 Å². The largest absolute Gasteiger partial charge is 0.396 e. The number of hydrogen-bond acceptors (Lipinski definition) is 3. The van der Waals surface area contributed by atoms with Crippen LogP contribution in [0.15, 0.2) is 30.5 Å². The SMILES string of the molecule is Cc1nn(-c2ccc3ncccc3c2N)c(C)c1Cl. The maximum Gasteiger partial charge on any atom is 0.0886 e. The summed E-state index contributed by atoms with van der Waals surface area (Å²) < 4.78 is 1.78. The number of fused-ring (bicyclic) bond motifs is 1. The summed E-state index contributed by atoms with van der Waals surface area (Å²) in [5.74, 6) is 0. The van der Waals surface area contributed by atoms with Crippen molar-refractivity contribution in [1.82, 2.24) is 14.8 Å². The average molecular weight is 273 g/mol. The fraction of sp³-hybridized carbons (Fsp3) is 0.143. The molecule has 0 atom stereocenters. The molecule has 2 N–H and O–H groups in total. The molecule has 1 aromatic carbocycles. The minimum Gasteiger partial charge on any atom is -0.396 e. The van der Waals surface area contributed by atoms with Crippen molar-refractivity contribution < 1.29 is 0 Å². The van der Waals surface area contributed by atoms with Gasteiger partial charge in [0, 0.05) is 11.6 Å². The van der Waals surface area contributed by atoms with Crippen molar-refractivity contribution in [3.05, 3.63) is 46.9 Å². The number of aromatic nitrogens is 3. The minimum absolute atomic E-state index is 0.660. The molecule has 3 rings (SSSR count). The van der Waals surface area contributed by atoms with Crippen LogP contribution in [0.4, 0.5) is 5.69 Å². The van der Waals surface area contributed by atoms with E-state index in [-0.39, 0.29) is 0 Å². The standard InChI is InChI=1S/C14H13ClN4/c1-8-13(15)9(2)19(18-8)12-6-5-11-10(14(12)16)4-3-7-17-11/h3-7H,16H2,1-2H3. The van der Waals surface area contributed by atoms with Crippen molar-refractivity contribution >= 4 is 28.2 Å². The molecule has 0 saturated heterocycles. The Labute approximate surface area is 115 Å². The number of pyridine rings is 1. The summed E-state index contributed by atoms with van der Waals surface area (Å²) >= 11 is 6.18. The minimum atomic E-state index is 0.660. The smallest absolute Gasteiger partial charge is 0.0886 e. The van der Waals surface area contributed by atoms with Crippen LogP contribution in [0, 0.1) is 13.8 Å². The average Bonchev–Trinajstić information content (AvgIpc) is 2.67. The van der Waals surface area contributed by atoms with Gasteiger partial charge in [0.15, 0.2) is 0 Å². The van der Waals surface area contributed by atoms with E-state index in [2.05, 4.69) is 10.1 Å². The molecule has 5 heteroatoms. The third-order valence-electron chi connectivity index (χ3n) is 3.23. The van der Waals surface area contributed by atoms with Crippen LogP contribution in [0.25, 0.3) is 16.6 Å². The van der Waals surface area contributed by atoms with E-state index in [1.165, 1.54) is 0 Å². The van der Waals surface area contributed by atoms with E-state index >= 15 is 0 Å². The van der Waals surface area contributed by atoms with Crippen molar-refractivity contribution in [1.29, 1.82) is 0 Å². The molecule has 96 valence electrons. The second-order valence-corrected chi connectivity index (χ2v) is 4.84. The first-order valence-corrected chi connectivity index (χ1v) is 6.32. The second kappa shape index (κ2) is 4.24. The van der Waals surface area contributed by atoms with Gasteiger partial charge in [0.05, 0.1) is 33.3 Å². The molecular formula is C14H13ClN4. The Hall–Kier alpha value is -2.07. The molecule has 19 heavy (non-hydrogen) atoms. The fourth-order valence-corrected chi connectivity index (χ4v) is 2.32. The van der Waals surface area contributed by atoms with Crippen molar-refractivity contribution in [3.63, 3.8) is 0 Å². The number of aryl methyl sites for hydroxylation is 1. The van der Waals surface area contributed by atoms with E-state index in [1.807, 2.05) is 38.1 Å². The van der Waals surface area contributed by atoms with E-state index in [1.54, 1.807) is 10.9 Å². The molecule has 0 amide bonds. The molecule has 3 aromatic rings. The monoisotopic (exact) mass is 272 g/mol. The number of hydrogen-bond donors (Lipinski definition) is 1. The van der Waals surface area contributed by atoms with E-state index in [9.17, 15) is 0 Å². The van der Waals surface area contributed by atoms with Gasteiger partial charge in [0.25, 0.3) is 0 Å². The molecule has 0 aliphatic rings. The molecule has 0 aliphatic carbocycles. The molecule has 4 nitrogen and oxygen atoms in total. The van der Waals surface area contributed by atoms with Crippen LogP contribution in [-0.2, 0) is 0 Å². The van der Waals surface area contributed by atoms with Crippen molar-refractivity contribution in [2.45, 2.75) is 13.8 Å². The Morgan fingerprint density at radius 2 is 2.00 bits per heavy atom. The van der Waals surface area contributed by atoms with Crippen LogP contribution in [0.1, 0.15) is 11.4 Å². The quantitative estimate of drug-likeness (QED) is 0.692. The summed E-state index contributed by atoms with van der Waals surface area (Å²) in [7, 11) is 0. The van der Waals surface area contributed by atoms with Gasteiger partial charge < -0.3 is 5.73 Å². The number of rotatable bonds is 1. The van der Waals surface area contributed by atoms with Crippen LogP contribution in [0.3, 0.4) is 0 Å². The Morgan fingerprint density at radius 1 is 1.21 bits per heavy atom. The Balaban J connectivity index is 2.31. The van der Waals surface area contributed by atoms with Gasteiger partial charge in [0.2, 0.25) is 0 Å². The highest BCUT2D eigenvalue weighted by Crippen LogP contribution is 2.29. The predicted molar refractivity (Wildman–Crippen MR) is 77.8 cm³/mol. The van der Waals surface area contributed by atoms with E-state index in [0.29, 0.717) is 10.7 Å². The van der Waals surface area contributed by atoms with Gasteiger partial charge in [-0.25, -0.2) is 4.68 Å². The molecule has 0 saturated carbocycles. The maximum absolute atomic E-state index is 6.24. The van der Waals surface area contributed by atoms with Crippen molar-refractivity contribution in [3.8, 4) is 5.69 Å². The van der Waals surface area contributed by atoms with Crippen LogP contribution >= 0.6 is 11.6 Å². The lowest BCUT2D eigenvalue weighted by Gasteiger charge is -2.10. The van der Waals surface area contributed by atoms with Crippen molar-refractivity contribution in [2.75, 3.05) is 5.73 Å². The molecule has 0 spiro atoms. The molecule has 2 aromatic heterocycles. The first kappa shape index (κ1) is 12.0. The third-order valence-corrected chi connectivity index (χ3v) is 3.78. The fourth-order valence-electron chi connectivity index (χ4n) is 2.21. The molecule has 0 fully saturated rings. The van der Waals surface area contributed by atoms with Gasteiger partial charge in [-0.1, -0.05) is 11.6 Å². The number of nitrogens with zero attached hydrogens (tertiary/aromatic N) is 3. The second-order valence-electron chi connectivity index (χ2n) is 4.47. The van der Waals surface area contributed by atoms with Crippen LogP contribution in [0.2, 0.25) is 5.02 Å². The van der Waals surface area contributed by atoms with Crippen LogP contribution < -0.4 is 5.73 Å². The van der Waals surface area contributed by atoms with Gasteiger partial charge >= 0.3 is 0 Å². The van der Waals surface area contributed by atoms with Crippen LogP contribution in [-0.4, -0.2) is 14.8 Å². The first-order chi connectivity index (χ1) is 9.09. The lowest BCUT2D eigenvalue weighted by atomic mass is 10.1. The number of halogens is 1. The zero-order chi connectivity index (χ0) is 13.6. The third kappa shape index (κ3) is 1.76. The summed E-state index contributed by atoms with van der Waals surface area (Å²) in [5, 5.41) is 6.02. The van der Waals surface area contributed by atoms with Gasteiger partial charge in [-0.3, -0.25) is 4.98 Å². The number of benzene rings is 1. The molecule has 2 heterocycles. The summed E-state index contributed by atoms with van der Waals surface area (Å²) in [6.45, 7) is 3.81. The number of nitrogens with two attached hydrogens (primary N) is 1. The highest BCUT2D eigenvalue weighted by atomic mass is 35.5. The molecule has 0 bridgehead atoms. The first-order valence-electron chi connectivity index (χ1n) is 5.95. The predicted octanol–water partition coefficient (Wildman–Crippen LogP) is 3.27. The summed E-state index contributed by atoms with van der Waals surface area (Å²) in [4.78, 5) is 4.29. The van der Waals surface area contributed by atoms with Gasteiger partial charge in [-0.2, -0.15) is 5.10 Å². The van der Waals surface area contributed by atoms with E-state index in [4.69, 9.17) is 17.3 Å². The van der Waals surface area contributed by atoms with Gasteiger partial charge in [0.1, 0.15) is 0 Å². The zero-order valence-electron chi connectivity index (χ0n) is 10.7. The van der Waals surface area contributed by atoms with Gasteiger partial charge in [-0.15, -0.1) is 0 Å². The number of nitrogen functional groups attached to an aromatic ring is 1. The Kier molecular flexibility index (Phi) is 2.68. The lowest BCUT2D eigenvalue weighted by Crippen LogP contribution is -2.04. The van der Waals surface area contributed by atoms with E-state index < -0.39 is 0 Å². The normalized spacial score (nSPS) is 11.1. The molecule has 0 unspecified atom stereocenters. The van der Waals surface area contributed by atoms with Gasteiger partial charge in [-0.05, 0) is 38.1 Å². The number of anilines is 1. The maximum atomic E-state index is 6.24. The Morgan fingerprint density at radius 3 is 2.68 bits per heavy atom. The lowest BCUT2D eigenvalue weighted by molar-refractivity contribution is 0.836. The zero-order valence-corrected chi connectivity index (χ0v) is 11.4.